The van der Waals surface area contributed by atoms with E-state index in [0.29, 0.717) is 13.1 Å². The summed E-state index contributed by atoms with van der Waals surface area (Å²) in [6.45, 7) is 4.94. The van der Waals surface area contributed by atoms with E-state index in [0.717, 1.165) is 17.7 Å². The van der Waals surface area contributed by atoms with Crippen molar-refractivity contribution in [1.29, 1.82) is 0 Å². The molecule has 0 spiro atoms. The summed E-state index contributed by atoms with van der Waals surface area (Å²) in [6.07, 6.45) is 0.943. The zero-order valence-electron chi connectivity index (χ0n) is 11.4. The number of amides is 1. The van der Waals surface area contributed by atoms with Gasteiger partial charge in [0.2, 0.25) is 5.91 Å². The summed E-state index contributed by atoms with van der Waals surface area (Å²) in [4.78, 5) is 13.7. The minimum absolute atomic E-state index is 0.0463. The van der Waals surface area contributed by atoms with Crippen molar-refractivity contribution in [3.8, 4) is 0 Å². The average Bonchev–Trinajstić information content (AvgIpc) is 2.38. The van der Waals surface area contributed by atoms with Gasteiger partial charge in [0.15, 0.2) is 0 Å². The maximum atomic E-state index is 11.8. The summed E-state index contributed by atoms with van der Waals surface area (Å²) in [6, 6.07) is 8.16. The molecule has 0 radical (unpaired) electrons. The molecule has 0 aliphatic heterocycles. The lowest BCUT2D eigenvalue weighted by Gasteiger charge is -2.20. The molecule has 1 unspecified atom stereocenters. The molecule has 0 heterocycles. The Morgan fingerprint density at radius 1 is 1.50 bits per heavy atom. The largest absolute Gasteiger partial charge is 0.365 e. The van der Waals surface area contributed by atoms with Crippen LogP contribution < -0.4 is 16.0 Å². The Labute approximate surface area is 109 Å². The zero-order valence-corrected chi connectivity index (χ0v) is 11.4. The van der Waals surface area contributed by atoms with E-state index in [9.17, 15) is 4.79 Å². The number of hydrogen-bond acceptors (Lipinski definition) is 3. The first-order valence-corrected chi connectivity index (χ1v) is 6.36. The van der Waals surface area contributed by atoms with Crippen LogP contribution >= 0.6 is 0 Å². The molecule has 100 valence electrons. The third kappa shape index (κ3) is 4.37. The third-order valence-corrected chi connectivity index (χ3v) is 2.99. The van der Waals surface area contributed by atoms with E-state index in [1.807, 2.05) is 43.1 Å². The number of rotatable bonds is 6. The number of nitrogens with zero attached hydrogens (tertiary/aromatic N) is 1. The Morgan fingerprint density at radius 3 is 2.83 bits per heavy atom. The van der Waals surface area contributed by atoms with Crippen molar-refractivity contribution in [2.45, 2.75) is 32.9 Å². The summed E-state index contributed by atoms with van der Waals surface area (Å²) in [5.41, 5.74) is 7.69. The van der Waals surface area contributed by atoms with E-state index in [-0.39, 0.29) is 11.9 Å². The van der Waals surface area contributed by atoms with Gasteiger partial charge in [-0.3, -0.25) is 4.79 Å². The van der Waals surface area contributed by atoms with Crippen molar-refractivity contribution in [2.24, 2.45) is 5.73 Å². The number of carbonyl (C=O) groups excluding carboxylic acids is 1. The van der Waals surface area contributed by atoms with Crippen LogP contribution in [-0.4, -0.2) is 25.5 Å². The van der Waals surface area contributed by atoms with Gasteiger partial charge in [-0.2, -0.15) is 0 Å². The smallest absolute Gasteiger partial charge is 0.239 e. The number of hydrogen-bond donors (Lipinski definition) is 2. The van der Waals surface area contributed by atoms with Crippen LogP contribution in [0.2, 0.25) is 0 Å². The van der Waals surface area contributed by atoms with Crippen molar-refractivity contribution >= 4 is 11.6 Å². The van der Waals surface area contributed by atoms with Crippen LogP contribution in [0.5, 0.6) is 0 Å². The quantitative estimate of drug-likeness (QED) is 0.803. The fraction of sp³-hybridized carbons (Fsp3) is 0.500. The molecule has 1 atom stereocenters. The highest BCUT2D eigenvalue weighted by Crippen LogP contribution is 2.14. The summed E-state index contributed by atoms with van der Waals surface area (Å²) < 4.78 is 0. The Balaban J connectivity index is 2.58. The molecule has 0 aliphatic rings. The number of carbonyl (C=O) groups is 1. The predicted molar refractivity (Wildman–Crippen MR) is 75.5 cm³/mol. The maximum Gasteiger partial charge on any atom is 0.239 e. The fourth-order valence-electron chi connectivity index (χ4n) is 1.65. The van der Waals surface area contributed by atoms with Crippen molar-refractivity contribution in [1.82, 2.24) is 5.32 Å². The first kappa shape index (κ1) is 14.5. The molecule has 4 heteroatoms. The zero-order chi connectivity index (χ0) is 13.5. The molecular formula is C14H23N3O. The average molecular weight is 249 g/mol. The predicted octanol–water partition coefficient (Wildman–Crippen LogP) is 1.50. The lowest BCUT2D eigenvalue weighted by Crippen LogP contribution is -2.39. The van der Waals surface area contributed by atoms with Crippen LogP contribution in [0.25, 0.3) is 0 Å². The lowest BCUT2D eigenvalue weighted by molar-refractivity contribution is -0.120. The molecule has 1 amide bonds. The SMILES string of the molecule is CCC(C)NC(=O)CN(C)c1cccc(CN)c1. The van der Waals surface area contributed by atoms with E-state index >= 15 is 0 Å². The summed E-state index contributed by atoms with van der Waals surface area (Å²) in [5, 5.41) is 2.95. The van der Waals surface area contributed by atoms with Crippen molar-refractivity contribution in [3.05, 3.63) is 29.8 Å². The number of nitrogens with two attached hydrogens (primary N) is 1. The molecule has 0 fully saturated rings. The minimum atomic E-state index is 0.0463. The number of likely N-dealkylation sites (N-methyl/N-ethyl adjacent to an activating group) is 1. The number of anilines is 1. The van der Waals surface area contributed by atoms with Gasteiger partial charge in [0.1, 0.15) is 0 Å². The van der Waals surface area contributed by atoms with Gasteiger partial charge in [-0.15, -0.1) is 0 Å². The molecule has 1 aromatic carbocycles. The molecular weight excluding hydrogens is 226 g/mol. The van der Waals surface area contributed by atoms with Gasteiger partial charge in [0.25, 0.3) is 0 Å². The van der Waals surface area contributed by atoms with E-state index in [1.165, 1.54) is 0 Å². The van der Waals surface area contributed by atoms with E-state index in [2.05, 4.69) is 12.2 Å². The van der Waals surface area contributed by atoms with E-state index in [4.69, 9.17) is 5.73 Å². The van der Waals surface area contributed by atoms with Crippen LogP contribution in [-0.2, 0) is 11.3 Å². The second-order valence-electron chi connectivity index (χ2n) is 4.61. The minimum Gasteiger partial charge on any atom is -0.365 e. The van der Waals surface area contributed by atoms with Crippen molar-refractivity contribution < 1.29 is 4.79 Å². The van der Waals surface area contributed by atoms with Gasteiger partial charge in [0.05, 0.1) is 6.54 Å². The first-order chi connectivity index (χ1) is 8.56. The summed E-state index contributed by atoms with van der Waals surface area (Å²) >= 11 is 0. The normalized spacial score (nSPS) is 12.0. The highest BCUT2D eigenvalue weighted by molar-refractivity contribution is 5.81. The Hall–Kier alpha value is -1.55. The van der Waals surface area contributed by atoms with Gasteiger partial charge >= 0.3 is 0 Å². The molecule has 3 N–H and O–H groups in total. The summed E-state index contributed by atoms with van der Waals surface area (Å²) in [7, 11) is 1.91. The van der Waals surface area contributed by atoms with Crippen molar-refractivity contribution in [2.75, 3.05) is 18.5 Å². The Bertz CT molecular complexity index is 392. The van der Waals surface area contributed by atoms with Gasteiger partial charge in [0, 0.05) is 25.3 Å². The number of nitrogens with one attached hydrogen (secondary N) is 1. The summed E-state index contributed by atoms with van der Waals surface area (Å²) in [5.74, 6) is 0.0463. The highest BCUT2D eigenvalue weighted by atomic mass is 16.2. The van der Waals surface area contributed by atoms with Crippen LogP contribution in [0.1, 0.15) is 25.8 Å². The molecule has 0 saturated carbocycles. The second kappa shape index (κ2) is 7.01. The van der Waals surface area contributed by atoms with Gasteiger partial charge in [-0.25, -0.2) is 0 Å². The third-order valence-electron chi connectivity index (χ3n) is 2.99. The first-order valence-electron chi connectivity index (χ1n) is 6.36. The van der Waals surface area contributed by atoms with Crippen molar-refractivity contribution in [3.63, 3.8) is 0 Å². The van der Waals surface area contributed by atoms with Crippen LogP contribution in [0, 0.1) is 0 Å². The van der Waals surface area contributed by atoms with E-state index in [1.54, 1.807) is 0 Å². The fourth-order valence-corrected chi connectivity index (χ4v) is 1.65. The monoisotopic (exact) mass is 249 g/mol. The standard InChI is InChI=1S/C14H23N3O/c1-4-11(2)16-14(18)10-17(3)13-7-5-6-12(8-13)9-15/h5-8,11H,4,9-10,15H2,1-3H3,(H,16,18). The van der Waals surface area contributed by atoms with E-state index < -0.39 is 0 Å². The van der Waals surface area contributed by atoms with Gasteiger partial charge < -0.3 is 16.0 Å². The molecule has 1 aromatic rings. The molecule has 18 heavy (non-hydrogen) atoms. The Morgan fingerprint density at radius 2 is 2.22 bits per heavy atom. The van der Waals surface area contributed by atoms with Crippen LogP contribution in [0.4, 0.5) is 5.69 Å². The molecule has 0 saturated heterocycles. The second-order valence-corrected chi connectivity index (χ2v) is 4.61. The Kier molecular flexibility index (Phi) is 5.65. The van der Waals surface area contributed by atoms with Gasteiger partial charge in [-0.1, -0.05) is 19.1 Å². The molecule has 0 aliphatic carbocycles. The number of benzene rings is 1. The highest BCUT2D eigenvalue weighted by Gasteiger charge is 2.09. The molecule has 1 rings (SSSR count). The molecule has 4 nitrogen and oxygen atoms in total. The van der Waals surface area contributed by atoms with Crippen LogP contribution in [0.15, 0.2) is 24.3 Å². The molecule has 0 aromatic heterocycles. The van der Waals surface area contributed by atoms with Crippen LogP contribution in [0.3, 0.4) is 0 Å². The lowest BCUT2D eigenvalue weighted by atomic mass is 10.2. The van der Waals surface area contributed by atoms with Gasteiger partial charge in [-0.05, 0) is 31.0 Å². The molecule has 0 bridgehead atoms. The topological polar surface area (TPSA) is 58.4 Å². The maximum absolute atomic E-state index is 11.8.